The van der Waals surface area contributed by atoms with Gasteiger partial charge in [0.1, 0.15) is 11.4 Å². The number of phenolic OH excluding ortho intramolecular Hbond substituents is 1. The van der Waals surface area contributed by atoms with Crippen molar-refractivity contribution < 1.29 is 9.90 Å². The summed E-state index contributed by atoms with van der Waals surface area (Å²) in [4.78, 5) is 12.4. The lowest BCUT2D eigenvalue weighted by atomic mass is 10.2. The molecule has 110 valence electrons. The van der Waals surface area contributed by atoms with Crippen molar-refractivity contribution in [2.45, 2.75) is 13.0 Å². The average Bonchev–Trinajstić information content (AvgIpc) is 2.82. The van der Waals surface area contributed by atoms with Gasteiger partial charge >= 0.3 is 0 Å². The Bertz CT molecular complexity index is 756. The summed E-state index contributed by atoms with van der Waals surface area (Å²) in [6.07, 6.45) is 0. The Morgan fingerprint density at radius 1 is 1.09 bits per heavy atom. The van der Waals surface area contributed by atoms with Crippen molar-refractivity contribution in [3.8, 4) is 5.75 Å². The molecule has 1 heterocycles. The van der Waals surface area contributed by atoms with Crippen molar-refractivity contribution in [3.63, 3.8) is 0 Å². The second-order valence-corrected chi connectivity index (χ2v) is 4.83. The van der Waals surface area contributed by atoms with Gasteiger partial charge in [-0.2, -0.15) is 20.3 Å². The summed E-state index contributed by atoms with van der Waals surface area (Å²) in [5, 5.41) is 23.2. The van der Waals surface area contributed by atoms with Gasteiger partial charge in [0, 0.05) is 0 Å². The molecule has 2 aromatic carbocycles. The topological polar surface area (TPSA) is 77.6 Å². The van der Waals surface area contributed by atoms with Gasteiger partial charge in [-0.15, -0.1) is 0 Å². The van der Waals surface area contributed by atoms with Gasteiger partial charge in [0.05, 0.1) is 11.4 Å². The number of hydrazone groups is 1. The number of carbonyl (C=O) groups excluding carboxylic acids is 1. The standard InChI is InChI=1S/C16H14N4O2/c1-11-15(18-17-13-9-5-6-10-14(13)21)16(22)20(19-11)12-7-3-2-4-8-12/h2-10,15,21H,1H3/t15-/m1/s1. The van der Waals surface area contributed by atoms with Crippen molar-refractivity contribution in [2.75, 3.05) is 5.01 Å². The van der Waals surface area contributed by atoms with E-state index in [1.807, 2.05) is 18.2 Å². The van der Waals surface area contributed by atoms with Crippen LogP contribution in [0.4, 0.5) is 11.4 Å². The van der Waals surface area contributed by atoms with Gasteiger partial charge in [-0.05, 0) is 31.2 Å². The molecule has 1 aliphatic heterocycles. The van der Waals surface area contributed by atoms with Crippen molar-refractivity contribution in [1.82, 2.24) is 0 Å². The number of anilines is 1. The van der Waals surface area contributed by atoms with Gasteiger partial charge in [-0.25, -0.2) is 0 Å². The van der Waals surface area contributed by atoms with E-state index in [1.165, 1.54) is 11.1 Å². The molecule has 1 amide bonds. The Balaban J connectivity index is 1.83. The molecule has 0 unspecified atom stereocenters. The Morgan fingerprint density at radius 3 is 2.50 bits per heavy atom. The third-order valence-corrected chi connectivity index (χ3v) is 3.26. The second kappa shape index (κ2) is 5.77. The number of benzene rings is 2. The van der Waals surface area contributed by atoms with Gasteiger partial charge < -0.3 is 5.11 Å². The lowest BCUT2D eigenvalue weighted by molar-refractivity contribution is -0.117. The summed E-state index contributed by atoms with van der Waals surface area (Å²) in [5.41, 5.74) is 1.57. The van der Waals surface area contributed by atoms with Crippen LogP contribution in [0.5, 0.6) is 5.75 Å². The van der Waals surface area contributed by atoms with Crippen molar-refractivity contribution >= 4 is 23.0 Å². The van der Waals surface area contributed by atoms with Crippen molar-refractivity contribution in [2.24, 2.45) is 15.3 Å². The molecule has 0 aliphatic carbocycles. The van der Waals surface area contributed by atoms with Gasteiger partial charge in [-0.3, -0.25) is 4.79 Å². The Labute approximate surface area is 127 Å². The number of phenols is 1. The van der Waals surface area contributed by atoms with E-state index in [2.05, 4.69) is 15.3 Å². The first-order chi connectivity index (χ1) is 10.7. The molecule has 3 rings (SSSR count). The maximum absolute atomic E-state index is 12.4. The van der Waals surface area contributed by atoms with E-state index >= 15 is 0 Å². The summed E-state index contributed by atoms with van der Waals surface area (Å²) in [6.45, 7) is 1.73. The second-order valence-electron chi connectivity index (χ2n) is 4.83. The summed E-state index contributed by atoms with van der Waals surface area (Å²) < 4.78 is 0. The van der Waals surface area contributed by atoms with Crippen LogP contribution in [0, 0.1) is 0 Å². The van der Waals surface area contributed by atoms with E-state index < -0.39 is 6.04 Å². The number of azo groups is 1. The molecule has 0 spiro atoms. The zero-order chi connectivity index (χ0) is 15.5. The molecule has 0 radical (unpaired) electrons. The quantitative estimate of drug-likeness (QED) is 0.882. The first-order valence-corrected chi connectivity index (χ1v) is 6.80. The van der Waals surface area contributed by atoms with E-state index in [1.54, 1.807) is 37.3 Å². The summed E-state index contributed by atoms with van der Waals surface area (Å²) in [6, 6.07) is 15.0. The minimum atomic E-state index is -0.764. The van der Waals surface area contributed by atoms with E-state index in [0.29, 0.717) is 17.1 Å². The van der Waals surface area contributed by atoms with E-state index in [0.717, 1.165) is 0 Å². The lowest BCUT2D eigenvalue weighted by Crippen LogP contribution is -2.29. The van der Waals surface area contributed by atoms with Crippen LogP contribution in [0.1, 0.15) is 6.92 Å². The highest BCUT2D eigenvalue weighted by Gasteiger charge is 2.34. The number of hydrogen-bond donors (Lipinski definition) is 1. The smallest absolute Gasteiger partial charge is 0.280 e. The van der Waals surface area contributed by atoms with E-state index in [9.17, 15) is 9.90 Å². The van der Waals surface area contributed by atoms with Gasteiger partial charge in [0.2, 0.25) is 0 Å². The zero-order valence-corrected chi connectivity index (χ0v) is 11.9. The molecule has 22 heavy (non-hydrogen) atoms. The molecule has 1 N–H and O–H groups in total. The fourth-order valence-corrected chi connectivity index (χ4v) is 2.11. The maximum atomic E-state index is 12.4. The third kappa shape index (κ3) is 2.58. The fourth-order valence-electron chi connectivity index (χ4n) is 2.11. The summed E-state index contributed by atoms with van der Waals surface area (Å²) in [7, 11) is 0. The van der Waals surface area contributed by atoms with Crippen LogP contribution in [0.2, 0.25) is 0 Å². The normalized spacial score (nSPS) is 18.0. The van der Waals surface area contributed by atoms with Gasteiger partial charge in [0.25, 0.3) is 5.91 Å². The number of amides is 1. The number of rotatable bonds is 3. The Hall–Kier alpha value is -3.02. The zero-order valence-electron chi connectivity index (χ0n) is 11.9. The first kappa shape index (κ1) is 13.9. The van der Waals surface area contributed by atoms with Crippen LogP contribution in [-0.4, -0.2) is 22.8 Å². The van der Waals surface area contributed by atoms with Crippen LogP contribution >= 0.6 is 0 Å². The monoisotopic (exact) mass is 294 g/mol. The number of nitrogens with zero attached hydrogens (tertiary/aromatic N) is 4. The number of aromatic hydroxyl groups is 1. The molecular formula is C16H14N4O2. The first-order valence-electron chi connectivity index (χ1n) is 6.80. The summed E-state index contributed by atoms with van der Waals surface area (Å²) >= 11 is 0. The average molecular weight is 294 g/mol. The van der Waals surface area contributed by atoms with Crippen LogP contribution < -0.4 is 5.01 Å². The molecule has 1 aliphatic rings. The van der Waals surface area contributed by atoms with E-state index in [-0.39, 0.29) is 11.7 Å². The maximum Gasteiger partial charge on any atom is 0.280 e. The third-order valence-electron chi connectivity index (χ3n) is 3.26. The predicted molar refractivity (Wildman–Crippen MR) is 83.4 cm³/mol. The number of hydrogen-bond acceptors (Lipinski definition) is 5. The highest BCUT2D eigenvalue weighted by Crippen LogP contribution is 2.27. The molecule has 0 saturated carbocycles. The number of para-hydroxylation sites is 2. The fraction of sp³-hybridized carbons (Fsp3) is 0.125. The highest BCUT2D eigenvalue weighted by molar-refractivity contribution is 6.18. The van der Waals surface area contributed by atoms with Crippen molar-refractivity contribution in [3.05, 3.63) is 54.6 Å². The Morgan fingerprint density at radius 2 is 1.77 bits per heavy atom. The van der Waals surface area contributed by atoms with Gasteiger partial charge in [0.15, 0.2) is 6.04 Å². The molecule has 0 saturated heterocycles. The molecule has 6 heteroatoms. The Kier molecular flexibility index (Phi) is 3.65. The van der Waals surface area contributed by atoms with Crippen LogP contribution in [0.25, 0.3) is 0 Å². The predicted octanol–water partition coefficient (Wildman–Crippen LogP) is 3.27. The highest BCUT2D eigenvalue weighted by atomic mass is 16.3. The summed E-state index contributed by atoms with van der Waals surface area (Å²) in [5.74, 6) is -0.242. The molecule has 2 aromatic rings. The molecule has 0 aromatic heterocycles. The largest absolute Gasteiger partial charge is 0.506 e. The van der Waals surface area contributed by atoms with E-state index in [4.69, 9.17) is 0 Å². The molecule has 1 atom stereocenters. The minimum Gasteiger partial charge on any atom is -0.506 e. The number of carbonyl (C=O) groups is 1. The van der Waals surface area contributed by atoms with Gasteiger partial charge in [-0.1, -0.05) is 30.3 Å². The van der Waals surface area contributed by atoms with Crippen LogP contribution in [0.15, 0.2) is 69.9 Å². The SMILES string of the molecule is CC1=NN(c2ccccc2)C(=O)[C@@H]1N=Nc1ccccc1O. The van der Waals surface area contributed by atoms with Crippen LogP contribution in [-0.2, 0) is 4.79 Å². The molecular weight excluding hydrogens is 280 g/mol. The molecule has 0 bridgehead atoms. The van der Waals surface area contributed by atoms with Crippen molar-refractivity contribution in [1.29, 1.82) is 0 Å². The minimum absolute atomic E-state index is 0.0196. The lowest BCUT2D eigenvalue weighted by Gasteiger charge is -2.11. The molecule has 0 fully saturated rings. The molecule has 6 nitrogen and oxygen atoms in total. The van der Waals surface area contributed by atoms with Crippen LogP contribution in [0.3, 0.4) is 0 Å².